The van der Waals surface area contributed by atoms with Gasteiger partial charge < -0.3 is 15.4 Å². The molecular formula is C22H24N4O3S. The summed E-state index contributed by atoms with van der Waals surface area (Å²) in [5, 5.41) is 14.8. The van der Waals surface area contributed by atoms with Gasteiger partial charge in [-0.05, 0) is 43.2 Å². The molecule has 0 fully saturated rings. The molecule has 0 atom stereocenters. The number of anilines is 1. The smallest absolute Gasteiger partial charge is 0.286 e. The number of rotatable bonds is 9. The molecule has 0 spiro atoms. The summed E-state index contributed by atoms with van der Waals surface area (Å²) in [4.78, 5) is 24.3. The van der Waals surface area contributed by atoms with Crippen LogP contribution in [0.5, 0.6) is 5.75 Å². The van der Waals surface area contributed by atoms with Gasteiger partial charge in [0, 0.05) is 25.1 Å². The lowest BCUT2D eigenvalue weighted by atomic mass is 10.2. The minimum Gasteiger partial charge on any atom is -0.497 e. The lowest BCUT2D eigenvalue weighted by Gasteiger charge is -2.06. The van der Waals surface area contributed by atoms with E-state index in [2.05, 4.69) is 20.8 Å². The number of aromatic nitrogens is 2. The molecule has 0 aliphatic carbocycles. The van der Waals surface area contributed by atoms with Crippen LogP contribution in [-0.4, -0.2) is 29.1 Å². The van der Waals surface area contributed by atoms with E-state index in [1.54, 1.807) is 7.11 Å². The number of methoxy groups -OCH3 is 1. The van der Waals surface area contributed by atoms with Gasteiger partial charge in [0.2, 0.25) is 10.9 Å². The molecule has 0 bridgehead atoms. The second-order valence-electron chi connectivity index (χ2n) is 6.80. The maximum absolute atomic E-state index is 12.3. The van der Waals surface area contributed by atoms with Gasteiger partial charge in [-0.3, -0.25) is 9.59 Å². The predicted octanol–water partition coefficient (Wildman–Crippen LogP) is 3.75. The standard InChI is InChI=1S/C22H24N4O3S/c1-15-9-11-17(12-10-15)24-21(28)22-26-25-20(30-22)8-4-7-19(27)23-14-16-5-3-6-18(13-16)29-2/h3,5-6,9-13H,4,7-8,14H2,1-2H3,(H,23,27)(H,24,28). The molecule has 156 valence electrons. The van der Waals surface area contributed by atoms with Crippen molar-refractivity contribution in [2.24, 2.45) is 0 Å². The number of nitrogens with zero attached hydrogens (tertiary/aromatic N) is 2. The van der Waals surface area contributed by atoms with E-state index in [-0.39, 0.29) is 11.8 Å². The van der Waals surface area contributed by atoms with Gasteiger partial charge in [-0.1, -0.05) is 41.2 Å². The number of nitrogens with one attached hydrogen (secondary N) is 2. The first kappa shape index (κ1) is 21.4. The number of aryl methyl sites for hydroxylation is 2. The zero-order valence-electron chi connectivity index (χ0n) is 17.0. The van der Waals surface area contributed by atoms with Crippen molar-refractivity contribution in [2.75, 3.05) is 12.4 Å². The first-order valence-electron chi connectivity index (χ1n) is 9.63. The van der Waals surface area contributed by atoms with E-state index in [0.717, 1.165) is 27.6 Å². The minimum atomic E-state index is -0.279. The van der Waals surface area contributed by atoms with Crippen molar-refractivity contribution >= 4 is 28.8 Å². The fourth-order valence-corrected chi connectivity index (χ4v) is 3.52. The predicted molar refractivity (Wildman–Crippen MR) is 117 cm³/mol. The van der Waals surface area contributed by atoms with Crippen LogP contribution in [0.1, 0.15) is 38.8 Å². The molecule has 0 unspecified atom stereocenters. The monoisotopic (exact) mass is 424 g/mol. The van der Waals surface area contributed by atoms with Crippen LogP contribution in [0.25, 0.3) is 0 Å². The summed E-state index contributed by atoms with van der Waals surface area (Å²) in [6.45, 7) is 2.44. The SMILES string of the molecule is COc1cccc(CNC(=O)CCCc2nnc(C(=O)Nc3ccc(C)cc3)s2)c1. The normalized spacial score (nSPS) is 10.5. The van der Waals surface area contributed by atoms with Gasteiger partial charge in [-0.25, -0.2) is 0 Å². The van der Waals surface area contributed by atoms with Gasteiger partial charge in [0.1, 0.15) is 10.8 Å². The van der Waals surface area contributed by atoms with E-state index in [9.17, 15) is 9.59 Å². The Labute approximate surface area is 179 Å². The number of carbonyl (C=O) groups is 2. The third-order valence-corrected chi connectivity index (χ3v) is 5.37. The summed E-state index contributed by atoms with van der Waals surface area (Å²) in [6.07, 6.45) is 1.62. The Hall–Kier alpha value is -3.26. The fraction of sp³-hybridized carbons (Fsp3) is 0.273. The fourth-order valence-electron chi connectivity index (χ4n) is 2.74. The summed E-state index contributed by atoms with van der Waals surface area (Å²) < 4.78 is 5.18. The molecule has 3 rings (SSSR count). The Morgan fingerprint density at radius 2 is 1.90 bits per heavy atom. The van der Waals surface area contributed by atoms with Crippen LogP contribution in [0.15, 0.2) is 48.5 Å². The molecule has 2 amide bonds. The van der Waals surface area contributed by atoms with E-state index in [1.807, 2.05) is 55.5 Å². The Bertz CT molecular complexity index is 1000. The molecule has 3 aromatic rings. The van der Waals surface area contributed by atoms with Crippen molar-refractivity contribution in [1.82, 2.24) is 15.5 Å². The summed E-state index contributed by atoms with van der Waals surface area (Å²) in [5.41, 5.74) is 2.82. The molecule has 0 saturated carbocycles. The molecule has 8 heteroatoms. The lowest BCUT2D eigenvalue weighted by Crippen LogP contribution is -2.22. The summed E-state index contributed by atoms with van der Waals surface area (Å²) >= 11 is 1.25. The van der Waals surface area contributed by atoms with Crippen molar-refractivity contribution in [2.45, 2.75) is 32.7 Å². The highest BCUT2D eigenvalue weighted by Gasteiger charge is 2.13. The third kappa shape index (κ3) is 6.38. The first-order chi connectivity index (χ1) is 14.5. The quantitative estimate of drug-likeness (QED) is 0.546. The molecule has 2 N–H and O–H groups in total. The van der Waals surface area contributed by atoms with Gasteiger partial charge >= 0.3 is 0 Å². The average Bonchev–Trinajstić information content (AvgIpc) is 3.23. The van der Waals surface area contributed by atoms with Gasteiger partial charge in [-0.2, -0.15) is 0 Å². The number of ether oxygens (including phenoxy) is 1. The van der Waals surface area contributed by atoms with Crippen LogP contribution < -0.4 is 15.4 Å². The Morgan fingerprint density at radius 3 is 2.67 bits per heavy atom. The molecule has 0 aliphatic heterocycles. The second kappa shape index (κ2) is 10.5. The van der Waals surface area contributed by atoms with Crippen LogP contribution in [0, 0.1) is 6.92 Å². The van der Waals surface area contributed by atoms with Crippen molar-refractivity contribution in [3.05, 3.63) is 69.7 Å². The third-order valence-electron chi connectivity index (χ3n) is 4.39. The summed E-state index contributed by atoms with van der Waals surface area (Å²) in [6, 6.07) is 15.1. The molecule has 0 radical (unpaired) electrons. The molecule has 30 heavy (non-hydrogen) atoms. The number of hydrogen-bond donors (Lipinski definition) is 2. The van der Waals surface area contributed by atoms with E-state index >= 15 is 0 Å². The van der Waals surface area contributed by atoms with E-state index < -0.39 is 0 Å². The molecule has 7 nitrogen and oxygen atoms in total. The molecule has 2 aromatic carbocycles. The van der Waals surface area contributed by atoms with Crippen LogP contribution in [-0.2, 0) is 17.8 Å². The van der Waals surface area contributed by atoms with E-state index in [0.29, 0.717) is 30.8 Å². The van der Waals surface area contributed by atoms with E-state index in [4.69, 9.17) is 4.74 Å². The van der Waals surface area contributed by atoms with E-state index in [1.165, 1.54) is 11.3 Å². The highest BCUT2D eigenvalue weighted by Crippen LogP contribution is 2.16. The Kier molecular flexibility index (Phi) is 7.51. The van der Waals surface area contributed by atoms with Gasteiger partial charge in [-0.15, -0.1) is 10.2 Å². The first-order valence-corrected chi connectivity index (χ1v) is 10.4. The van der Waals surface area contributed by atoms with Crippen molar-refractivity contribution in [1.29, 1.82) is 0 Å². The van der Waals surface area contributed by atoms with Crippen molar-refractivity contribution in [3.8, 4) is 5.75 Å². The molecule has 0 aliphatic rings. The van der Waals surface area contributed by atoms with Crippen LogP contribution in [0.4, 0.5) is 5.69 Å². The second-order valence-corrected chi connectivity index (χ2v) is 7.86. The molecular weight excluding hydrogens is 400 g/mol. The van der Waals surface area contributed by atoms with Gasteiger partial charge in [0.05, 0.1) is 7.11 Å². The molecule has 0 saturated heterocycles. The van der Waals surface area contributed by atoms with Crippen molar-refractivity contribution < 1.29 is 14.3 Å². The van der Waals surface area contributed by atoms with Gasteiger partial charge in [0.15, 0.2) is 0 Å². The van der Waals surface area contributed by atoms with Crippen LogP contribution in [0.3, 0.4) is 0 Å². The number of amides is 2. The Balaban J connectivity index is 1.40. The highest BCUT2D eigenvalue weighted by molar-refractivity contribution is 7.13. The maximum Gasteiger partial charge on any atom is 0.286 e. The van der Waals surface area contributed by atoms with Crippen LogP contribution >= 0.6 is 11.3 Å². The molecule has 1 heterocycles. The van der Waals surface area contributed by atoms with Crippen molar-refractivity contribution in [3.63, 3.8) is 0 Å². The number of hydrogen-bond acceptors (Lipinski definition) is 6. The van der Waals surface area contributed by atoms with Crippen LogP contribution in [0.2, 0.25) is 0 Å². The average molecular weight is 425 g/mol. The Morgan fingerprint density at radius 1 is 1.10 bits per heavy atom. The summed E-state index contributed by atoms with van der Waals surface area (Å²) in [5.74, 6) is 0.457. The highest BCUT2D eigenvalue weighted by atomic mass is 32.1. The number of carbonyl (C=O) groups excluding carboxylic acids is 2. The zero-order chi connectivity index (χ0) is 21.3. The summed E-state index contributed by atoms with van der Waals surface area (Å²) in [7, 11) is 1.61. The van der Waals surface area contributed by atoms with Gasteiger partial charge in [0.25, 0.3) is 5.91 Å². The lowest BCUT2D eigenvalue weighted by molar-refractivity contribution is -0.121. The minimum absolute atomic E-state index is 0.0281. The number of benzene rings is 2. The topological polar surface area (TPSA) is 93.2 Å². The maximum atomic E-state index is 12.3. The largest absolute Gasteiger partial charge is 0.497 e. The zero-order valence-corrected chi connectivity index (χ0v) is 17.8. The molecule has 1 aromatic heterocycles.